The van der Waals surface area contributed by atoms with Gasteiger partial charge in [-0.2, -0.15) is 0 Å². The molecule has 29 heavy (non-hydrogen) atoms. The van der Waals surface area contributed by atoms with Crippen molar-refractivity contribution in [3.05, 3.63) is 47.5 Å². The molecule has 0 fully saturated rings. The topological polar surface area (TPSA) is 36.9 Å². The second-order valence-electron chi connectivity index (χ2n) is 7.53. The minimum absolute atomic E-state index is 0.719. The molecule has 4 aromatic rings. The molecule has 0 heterocycles. The number of rotatable bonds is 4. The highest BCUT2D eigenvalue weighted by Gasteiger charge is 2.19. The van der Waals surface area contributed by atoms with Gasteiger partial charge in [0, 0.05) is 0 Å². The molecule has 1 aliphatic rings. The van der Waals surface area contributed by atoms with Gasteiger partial charge in [-0.1, -0.05) is 12.1 Å². The summed E-state index contributed by atoms with van der Waals surface area (Å²) in [4.78, 5) is 0. The molecule has 4 aromatic carbocycles. The van der Waals surface area contributed by atoms with E-state index in [4.69, 9.17) is 18.9 Å². The van der Waals surface area contributed by atoms with Gasteiger partial charge >= 0.3 is 0 Å². The zero-order valence-corrected chi connectivity index (χ0v) is 17.2. The molecule has 0 saturated heterocycles. The highest BCUT2D eigenvalue weighted by atomic mass is 16.5. The molecule has 0 spiro atoms. The molecule has 0 amide bonds. The number of benzene rings is 4. The van der Waals surface area contributed by atoms with Gasteiger partial charge in [0.15, 0.2) is 23.0 Å². The lowest BCUT2D eigenvalue weighted by Crippen LogP contribution is -1.95. The smallest absolute Gasteiger partial charge is 0.161 e. The normalized spacial score (nSPS) is 13.1. The van der Waals surface area contributed by atoms with E-state index in [0.717, 1.165) is 57.4 Å². The number of fused-ring (bicyclic) bond motifs is 7. The van der Waals surface area contributed by atoms with Gasteiger partial charge in [0.1, 0.15) is 0 Å². The molecular weight excluding hydrogens is 364 g/mol. The van der Waals surface area contributed by atoms with Crippen molar-refractivity contribution < 1.29 is 18.9 Å². The van der Waals surface area contributed by atoms with Gasteiger partial charge in [0.05, 0.1) is 28.4 Å². The van der Waals surface area contributed by atoms with Gasteiger partial charge in [-0.25, -0.2) is 0 Å². The van der Waals surface area contributed by atoms with Crippen LogP contribution in [0.25, 0.3) is 32.3 Å². The second-order valence-corrected chi connectivity index (χ2v) is 7.53. The third-order valence-corrected chi connectivity index (χ3v) is 6.15. The van der Waals surface area contributed by atoms with Crippen molar-refractivity contribution in [2.45, 2.75) is 19.3 Å². The summed E-state index contributed by atoms with van der Waals surface area (Å²) in [5, 5.41) is 7.02. The molecule has 5 rings (SSSR count). The molecule has 0 N–H and O–H groups in total. The second kappa shape index (κ2) is 6.73. The lowest BCUT2D eigenvalue weighted by molar-refractivity contribution is 0.355. The highest BCUT2D eigenvalue weighted by Crippen LogP contribution is 2.45. The molecule has 0 aromatic heterocycles. The van der Waals surface area contributed by atoms with Crippen molar-refractivity contribution in [2.75, 3.05) is 28.4 Å². The first-order chi connectivity index (χ1) is 14.2. The Kier molecular flexibility index (Phi) is 4.16. The molecule has 0 bridgehead atoms. The first-order valence-corrected chi connectivity index (χ1v) is 9.87. The van der Waals surface area contributed by atoms with Crippen molar-refractivity contribution in [1.82, 2.24) is 0 Å². The van der Waals surface area contributed by atoms with Crippen LogP contribution < -0.4 is 18.9 Å². The van der Waals surface area contributed by atoms with Crippen molar-refractivity contribution >= 4 is 32.3 Å². The fourth-order valence-electron chi connectivity index (χ4n) is 4.72. The van der Waals surface area contributed by atoms with E-state index in [2.05, 4.69) is 36.4 Å². The fourth-order valence-corrected chi connectivity index (χ4v) is 4.72. The highest BCUT2D eigenvalue weighted by molar-refractivity contribution is 6.26. The van der Waals surface area contributed by atoms with Crippen LogP contribution in [0.2, 0.25) is 0 Å². The number of methoxy groups -OCH3 is 4. The van der Waals surface area contributed by atoms with Gasteiger partial charge in [0.25, 0.3) is 0 Å². The first-order valence-electron chi connectivity index (χ1n) is 9.87. The van der Waals surface area contributed by atoms with Gasteiger partial charge in [-0.05, 0) is 87.0 Å². The Morgan fingerprint density at radius 1 is 0.448 bits per heavy atom. The summed E-state index contributed by atoms with van der Waals surface area (Å²) in [5.41, 5.74) is 2.90. The summed E-state index contributed by atoms with van der Waals surface area (Å²) in [5.74, 6) is 2.91. The Morgan fingerprint density at radius 3 is 1.00 bits per heavy atom. The predicted octanol–water partition coefficient (Wildman–Crippen LogP) is 5.67. The summed E-state index contributed by atoms with van der Waals surface area (Å²) < 4.78 is 22.4. The quantitative estimate of drug-likeness (QED) is 0.422. The van der Waals surface area contributed by atoms with E-state index >= 15 is 0 Å². The van der Waals surface area contributed by atoms with Crippen molar-refractivity contribution in [1.29, 1.82) is 0 Å². The molecule has 4 nitrogen and oxygen atoms in total. The Bertz CT molecular complexity index is 1180. The Hall–Kier alpha value is -3.14. The average Bonchev–Trinajstić information content (AvgIpc) is 3.23. The summed E-state index contributed by atoms with van der Waals surface area (Å²) in [6.07, 6.45) is 3.50. The monoisotopic (exact) mass is 388 g/mol. The van der Waals surface area contributed by atoms with Crippen LogP contribution in [0.1, 0.15) is 17.5 Å². The first kappa shape index (κ1) is 17.9. The number of hydrogen-bond donors (Lipinski definition) is 0. The third-order valence-electron chi connectivity index (χ3n) is 6.15. The van der Waals surface area contributed by atoms with Gasteiger partial charge in [-0.15, -0.1) is 0 Å². The Morgan fingerprint density at radius 2 is 0.724 bits per heavy atom. The molecule has 0 atom stereocenters. The molecule has 0 saturated carbocycles. The largest absolute Gasteiger partial charge is 0.493 e. The molecule has 0 unspecified atom stereocenters. The Balaban J connectivity index is 2.03. The minimum atomic E-state index is 0.719. The lowest BCUT2D eigenvalue weighted by Gasteiger charge is -2.17. The average molecular weight is 388 g/mol. The Labute approximate surface area is 169 Å². The van der Waals surface area contributed by atoms with E-state index in [1.165, 1.54) is 28.3 Å². The van der Waals surface area contributed by atoms with Crippen molar-refractivity contribution in [2.24, 2.45) is 0 Å². The van der Waals surface area contributed by atoms with Crippen LogP contribution in [0.5, 0.6) is 23.0 Å². The maximum atomic E-state index is 5.61. The number of ether oxygens (including phenoxy) is 4. The van der Waals surface area contributed by atoms with E-state index in [-0.39, 0.29) is 0 Å². The third kappa shape index (κ3) is 2.59. The molecule has 148 valence electrons. The summed E-state index contributed by atoms with van der Waals surface area (Å²) in [6.45, 7) is 0. The zero-order chi connectivity index (χ0) is 20.1. The van der Waals surface area contributed by atoms with E-state index in [1.54, 1.807) is 28.4 Å². The van der Waals surface area contributed by atoms with Crippen LogP contribution in [0.15, 0.2) is 36.4 Å². The number of hydrogen-bond acceptors (Lipinski definition) is 4. The molecule has 4 heteroatoms. The van der Waals surface area contributed by atoms with Crippen LogP contribution in [-0.2, 0) is 12.8 Å². The minimum Gasteiger partial charge on any atom is -0.493 e. The summed E-state index contributed by atoms with van der Waals surface area (Å²) in [7, 11) is 6.70. The van der Waals surface area contributed by atoms with E-state index < -0.39 is 0 Å². The van der Waals surface area contributed by atoms with Crippen LogP contribution in [-0.4, -0.2) is 28.4 Å². The predicted molar refractivity (Wildman–Crippen MR) is 117 cm³/mol. The lowest BCUT2D eigenvalue weighted by atomic mass is 9.91. The maximum Gasteiger partial charge on any atom is 0.161 e. The van der Waals surface area contributed by atoms with Gasteiger partial charge in [-0.3, -0.25) is 0 Å². The van der Waals surface area contributed by atoms with E-state index in [0.29, 0.717) is 0 Å². The molecular formula is C25H24O4. The molecule has 0 radical (unpaired) electrons. The standard InChI is InChI=1S/C25H24O4/c1-26-22-10-18-16-8-14-6-5-7-15(14)9-17(16)19-11-23(27-2)25(29-4)13-21(19)20(18)12-24(22)28-3/h8-13H,5-7H2,1-4H3. The SMILES string of the molecule is COc1cc2c3cc4c(cc3c3cc(OC)c(OC)cc3c2cc1OC)CCC4. The van der Waals surface area contributed by atoms with Crippen LogP contribution >= 0.6 is 0 Å². The molecule has 1 aliphatic carbocycles. The van der Waals surface area contributed by atoms with Crippen LogP contribution in [0.4, 0.5) is 0 Å². The van der Waals surface area contributed by atoms with Crippen LogP contribution in [0.3, 0.4) is 0 Å². The maximum absolute atomic E-state index is 5.61. The number of aryl methyl sites for hydroxylation is 2. The molecule has 0 aliphatic heterocycles. The zero-order valence-electron chi connectivity index (χ0n) is 17.2. The fraction of sp³-hybridized carbons (Fsp3) is 0.280. The van der Waals surface area contributed by atoms with E-state index in [9.17, 15) is 0 Å². The summed E-state index contributed by atoms with van der Waals surface area (Å²) in [6, 6.07) is 13.0. The summed E-state index contributed by atoms with van der Waals surface area (Å²) >= 11 is 0. The van der Waals surface area contributed by atoms with Crippen molar-refractivity contribution in [3.8, 4) is 23.0 Å². The van der Waals surface area contributed by atoms with Gasteiger partial charge < -0.3 is 18.9 Å². The van der Waals surface area contributed by atoms with Crippen LogP contribution in [0, 0.1) is 0 Å². The van der Waals surface area contributed by atoms with E-state index in [1.807, 2.05) is 0 Å². The van der Waals surface area contributed by atoms with Crippen molar-refractivity contribution in [3.63, 3.8) is 0 Å². The van der Waals surface area contributed by atoms with Gasteiger partial charge in [0.2, 0.25) is 0 Å².